The van der Waals surface area contributed by atoms with E-state index in [1.807, 2.05) is 0 Å². The average molecular weight is 343 g/mol. The fourth-order valence-corrected chi connectivity index (χ4v) is 9.45. The van der Waals surface area contributed by atoms with Crippen molar-refractivity contribution in [1.82, 2.24) is 0 Å². The first-order chi connectivity index (χ1) is 10.7. The standard InChI is InChI=1S/C19H38O3Si/c1-8-9-10-13-19(18(21)12-11-14-20)22-23(15(2)3,16(4)5)17(6)7/h11-12,14-19,21H,8-10,13H2,1-7H3/b12-11+/t18-,19+/m1/s1. The summed E-state index contributed by atoms with van der Waals surface area (Å²) >= 11 is 0. The maximum atomic E-state index is 10.6. The van der Waals surface area contributed by atoms with Crippen molar-refractivity contribution in [3.63, 3.8) is 0 Å². The van der Waals surface area contributed by atoms with Gasteiger partial charge in [0.05, 0.1) is 12.2 Å². The van der Waals surface area contributed by atoms with E-state index >= 15 is 0 Å². The maximum Gasteiger partial charge on any atom is 0.200 e. The average Bonchev–Trinajstić information content (AvgIpc) is 2.47. The van der Waals surface area contributed by atoms with Gasteiger partial charge in [-0.2, -0.15) is 0 Å². The molecule has 0 aromatic carbocycles. The quantitative estimate of drug-likeness (QED) is 0.228. The van der Waals surface area contributed by atoms with E-state index < -0.39 is 14.4 Å². The van der Waals surface area contributed by atoms with E-state index in [1.54, 1.807) is 6.08 Å². The number of hydrogen-bond acceptors (Lipinski definition) is 3. The molecule has 0 fully saturated rings. The van der Waals surface area contributed by atoms with Crippen LogP contribution >= 0.6 is 0 Å². The Bertz CT molecular complexity index is 329. The number of hydrogen-bond donors (Lipinski definition) is 1. The van der Waals surface area contributed by atoms with E-state index in [-0.39, 0.29) is 6.10 Å². The summed E-state index contributed by atoms with van der Waals surface area (Å²) in [6.45, 7) is 15.7. The summed E-state index contributed by atoms with van der Waals surface area (Å²) in [5, 5.41) is 10.5. The van der Waals surface area contributed by atoms with Gasteiger partial charge in [0.1, 0.15) is 6.29 Å². The third kappa shape index (κ3) is 6.52. The van der Waals surface area contributed by atoms with Crippen LogP contribution < -0.4 is 0 Å². The molecule has 136 valence electrons. The molecule has 0 aliphatic heterocycles. The lowest BCUT2D eigenvalue weighted by molar-refractivity contribution is -0.104. The first-order valence-electron chi connectivity index (χ1n) is 9.21. The van der Waals surface area contributed by atoms with Gasteiger partial charge in [0, 0.05) is 0 Å². The van der Waals surface area contributed by atoms with Crippen LogP contribution in [0.1, 0.15) is 74.1 Å². The van der Waals surface area contributed by atoms with Crippen LogP contribution in [0.3, 0.4) is 0 Å². The van der Waals surface area contributed by atoms with Crippen LogP contribution in [0.4, 0.5) is 0 Å². The molecule has 0 unspecified atom stereocenters. The van der Waals surface area contributed by atoms with Crippen molar-refractivity contribution < 1.29 is 14.3 Å². The Morgan fingerprint density at radius 1 is 1.00 bits per heavy atom. The molecule has 0 radical (unpaired) electrons. The van der Waals surface area contributed by atoms with Crippen molar-refractivity contribution in [1.29, 1.82) is 0 Å². The molecule has 23 heavy (non-hydrogen) atoms. The molecule has 0 aromatic rings. The Balaban J connectivity index is 5.40. The molecular formula is C19H38O3Si. The highest BCUT2D eigenvalue weighted by Crippen LogP contribution is 2.43. The van der Waals surface area contributed by atoms with Crippen molar-refractivity contribution in [3.8, 4) is 0 Å². The molecule has 0 aliphatic carbocycles. The Morgan fingerprint density at radius 2 is 1.52 bits per heavy atom. The monoisotopic (exact) mass is 342 g/mol. The fraction of sp³-hybridized carbons (Fsp3) is 0.842. The zero-order valence-electron chi connectivity index (χ0n) is 16.2. The van der Waals surface area contributed by atoms with Gasteiger partial charge in [0.15, 0.2) is 0 Å². The number of allylic oxidation sites excluding steroid dienone is 1. The first-order valence-corrected chi connectivity index (χ1v) is 11.4. The highest BCUT2D eigenvalue weighted by molar-refractivity contribution is 6.77. The van der Waals surface area contributed by atoms with Gasteiger partial charge in [-0.3, -0.25) is 4.79 Å². The Labute approximate surface area is 144 Å². The van der Waals surface area contributed by atoms with Gasteiger partial charge in [-0.15, -0.1) is 0 Å². The molecule has 0 saturated carbocycles. The molecule has 0 amide bonds. The number of carbonyl (C=O) groups excluding carboxylic acids is 1. The maximum absolute atomic E-state index is 10.6. The minimum atomic E-state index is -2.04. The Morgan fingerprint density at radius 3 is 1.91 bits per heavy atom. The summed E-state index contributed by atoms with van der Waals surface area (Å²) < 4.78 is 6.75. The normalized spacial score (nSPS) is 15.8. The van der Waals surface area contributed by atoms with Gasteiger partial charge in [-0.25, -0.2) is 0 Å². The largest absolute Gasteiger partial charge is 0.410 e. The van der Waals surface area contributed by atoms with E-state index in [1.165, 1.54) is 6.08 Å². The van der Waals surface area contributed by atoms with Crippen molar-refractivity contribution in [2.75, 3.05) is 0 Å². The van der Waals surface area contributed by atoms with Gasteiger partial charge in [-0.05, 0) is 29.1 Å². The molecule has 2 atom stereocenters. The van der Waals surface area contributed by atoms with Crippen LogP contribution in [-0.4, -0.2) is 31.9 Å². The van der Waals surface area contributed by atoms with Gasteiger partial charge >= 0.3 is 0 Å². The zero-order chi connectivity index (χ0) is 18.0. The van der Waals surface area contributed by atoms with Crippen molar-refractivity contribution in [2.45, 2.75) is 103 Å². The molecule has 0 heterocycles. The molecule has 3 nitrogen and oxygen atoms in total. The van der Waals surface area contributed by atoms with Crippen LogP contribution in [0.25, 0.3) is 0 Å². The smallest absolute Gasteiger partial charge is 0.200 e. The van der Waals surface area contributed by atoms with Crippen LogP contribution in [0.15, 0.2) is 12.2 Å². The summed E-state index contributed by atoms with van der Waals surface area (Å²) in [5.74, 6) is 0. The first kappa shape index (κ1) is 22.5. The minimum absolute atomic E-state index is 0.211. The summed E-state index contributed by atoms with van der Waals surface area (Å²) in [4.78, 5) is 10.6. The molecule has 4 heteroatoms. The second kappa shape index (κ2) is 11.2. The number of unbranched alkanes of at least 4 members (excludes halogenated alkanes) is 2. The van der Waals surface area contributed by atoms with E-state index in [0.29, 0.717) is 22.9 Å². The number of carbonyl (C=O) groups is 1. The minimum Gasteiger partial charge on any atom is -0.410 e. The van der Waals surface area contributed by atoms with Crippen LogP contribution in [0.5, 0.6) is 0 Å². The van der Waals surface area contributed by atoms with Crippen molar-refractivity contribution >= 4 is 14.6 Å². The molecular weight excluding hydrogens is 304 g/mol. The number of aliphatic hydroxyl groups is 1. The number of aliphatic hydroxyl groups excluding tert-OH is 1. The van der Waals surface area contributed by atoms with Crippen LogP contribution in [0.2, 0.25) is 16.6 Å². The fourth-order valence-electron chi connectivity index (χ4n) is 3.85. The topological polar surface area (TPSA) is 46.5 Å². The van der Waals surface area contributed by atoms with Crippen LogP contribution in [-0.2, 0) is 9.22 Å². The molecule has 0 bridgehead atoms. The molecule has 0 saturated heterocycles. The Hall–Kier alpha value is -0.453. The summed E-state index contributed by atoms with van der Waals surface area (Å²) in [6, 6.07) is 0. The van der Waals surface area contributed by atoms with Gasteiger partial charge in [0.25, 0.3) is 0 Å². The van der Waals surface area contributed by atoms with Gasteiger partial charge in [-0.1, -0.05) is 73.8 Å². The second-order valence-corrected chi connectivity index (χ2v) is 12.9. The lowest BCUT2D eigenvalue weighted by Crippen LogP contribution is -2.52. The van der Waals surface area contributed by atoms with E-state index in [9.17, 15) is 9.90 Å². The highest BCUT2D eigenvalue weighted by Gasteiger charge is 2.47. The summed E-state index contributed by atoms with van der Waals surface area (Å²) in [5.41, 5.74) is 1.45. The predicted octanol–water partition coefficient (Wildman–Crippen LogP) is 5.24. The molecule has 0 aromatic heterocycles. The lowest BCUT2D eigenvalue weighted by Gasteiger charge is -2.45. The van der Waals surface area contributed by atoms with Gasteiger partial charge in [0.2, 0.25) is 8.32 Å². The van der Waals surface area contributed by atoms with Crippen LogP contribution in [0, 0.1) is 0 Å². The highest BCUT2D eigenvalue weighted by atomic mass is 28.4. The third-order valence-corrected chi connectivity index (χ3v) is 11.0. The predicted molar refractivity (Wildman–Crippen MR) is 101 cm³/mol. The zero-order valence-corrected chi connectivity index (χ0v) is 17.2. The summed E-state index contributed by atoms with van der Waals surface area (Å²) in [7, 11) is -2.04. The van der Waals surface area contributed by atoms with E-state index in [2.05, 4.69) is 48.5 Å². The second-order valence-electron chi connectivity index (χ2n) is 7.48. The molecule has 1 N–H and O–H groups in total. The molecule has 0 spiro atoms. The number of aldehydes is 1. The lowest BCUT2D eigenvalue weighted by atomic mass is 10.1. The SMILES string of the molecule is CCCCC[C@H](O[Si](C(C)C)(C(C)C)C(C)C)[C@H](O)/C=C/C=O. The summed E-state index contributed by atoms with van der Waals surface area (Å²) in [6.07, 6.45) is 6.93. The third-order valence-electron chi connectivity index (χ3n) is 4.92. The van der Waals surface area contributed by atoms with Gasteiger partial charge < -0.3 is 9.53 Å². The van der Waals surface area contributed by atoms with Crippen molar-refractivity contribution in [3.05, 3.63) is 12.2 Å². The van der Waals surface area contributed by atoms with Crippen molar-refractivity contribution in [2.24, 2.45) is 0 Å². The molecule has 0 aliphatic rings. The van der Waals surface area contributed by atoms with E-state index in [0.717, 1.165) is 25.7 Å². The Kier molecular flexibility index (Phi) is 10.9. The number of rotatable bonds is 12. The molecule has 0 rings (SSSR count). The van der Waals surface area contributed by atoms with E-state index in [4.69, 9.17) is 4.43 Å².